The Bertz CT molecular complexity index is 358. The van der Waals surface area contributed by atoms with Gasteiger partial charge in [-0.2, -0.15) is 0 Å². The Labute approximate surface area is 108 Å². The summed E-state index contributed by atoms with van der Waals surface area (Å²) in [5, 5.41) is 12.8. The van der Waals surface area contributed by atoms with Crippen molar-refractivity contribution in [1.82, 2.24) is 15.3 Å². The molecule has 2 N–H and O–H groups in total. The Kier molecular flexibility index (Phi) is 4.49. The third-order valence-corrected chi connectivity index (χ3v) is 3.15. The van der Waals surface area contributed by atoms with Crippen LogP contribution in [0.25, 0.3) is 0 Å². The van der Waals surface area contributed by atoms with Crippen molar-refractivity contribution in [3.63, 3.8) is 0 Å². The monoisotopic (exact) mass is 250 g/mol. The Hall–Kier alpha value is -1.20. The van der Waals surface area contributed by atoms with Gasteiger partial charge in [-0.25, -0.2) is 9.97 Å². The maximum Gasteiger partial charge on any atom is 0.225 e. The molecular weight excluding hydrogens is 228 g/mol. The van der Waals surface area contributed by atoms with Crippen LogP contribution in [-0.2, 0) is 6.54 Å². The van der Waals surface area contributed by atoms with Gasteiger partial charge in [-0.3, -0.25) is 0 Å². The molecule has 1 saturated heterocycles. The second-order valence-electron chi connectivity index (χ2n) is 5.15. The highest BCUT2D eigenvalue weighted by atomic mass is 16.3. The van der Waals surface area contributed by atoms with E-state index in [1.807, 2.05) is 12.4 Å². The van der Waals surface area contributed by atoms with Crippen molar-refractivity contribution in [2.75, 3.05) is 18.0 Å². The fourth-order valence-electron chi connectivity index (χ4n) is 1.99. The van der Waals surface area contributed by atoms with Gasteiger partial charge < -0.3 is 15.3 Å². The van der Waals surface area contributed by atoms with Crippen molar-refractivity contribution < 1.29 is 5.11 Å². The molecule has 0 amide bonds. The van der Waals surface area contributed by atoms with E-state index in [1.165, 1.54) is 0 Å². The summed E-state index contributed by atoms with van der Waals surface area (Å²) in [6.07, 6.45) is 5.21. The summed E-state index contributed by atoms with van der Waals surface area (Å²) >= 11 is 0. The first-order valence-electron chi connectivity index (χ1n) is 6.62. The van der Waals surface area contributed by atoms with E-state index in [0.29, 0.717) is 6.04 Å². The van der Waals surface area contributed by atoms with Gasteiger partial charge in [0.15, 0.2) is 0 Å². The van der Waals surface area contributed by atoms with Crippen LogP contribution in [-0.4, -0.2) is 40.3 Å². The first kappa shape index (κ1) is 13.2. The third kappa shape index (κ3) is 3.65. The number of hydrogen-bond acceptors (Lipinski definition) is 5. The zero-order valence-electron chi connectivity index (χ0n) is 11.1. The van der Waals surface area contributed by atoms with E-state index in [1.54, 1.807) is 0 Å². The van der Waals surface area contributed by atoms with E-state index in [4.69, 9.17) is 0 Å². The van der Waals surface area contributed by atoms with Gasteiger partial charge in [-0.05, 0) is 12.8 Å². The predicted molar refractivity (Wildman–Crippen MR) is 71.5 cm³/mol. The number of rotatable bonds is 4. The number of hydrogen-bond donors (Lipinski definition) is 2. The lowest BCUT2D eigenvalue weighted by Crippen LogP contribution is -2.36. The van der Waals surface area contributed by atoms with Gasteiger partial charge in [0.2, 0.25) is 5.95 Å². The number of aliphatic hydroxyl groups is 1. The van der Waals surface area contributed by atoms with Crippen molar-refractivity contribution in [1.29, 1.82) is 0 Å². The lowest BCUT2D eigenvalue weighted by atomic mass is 10.1. The van der Waals surface area contributed by atoms with Crippen LogP contribution >= 0.6 is 0 Å². The molecule has 0 radical (unpaired) electrons. The molecular formula is C13H22N4O. The van der Waals surface area contributed by atoms with Crippen LogP contribution < -0.4 is 10.2 Å². The lowest BCUT2D eigenvalue weighted by Gasteiger charge is -2.29. The van der Waals surface area contributed by atoms with Gasteiger partial charge in [0, 0.05) is 43.6 Å². The Morgan fingerprint density at radius 3 is 2.50 bits per heavy atom. The van der Waals surface area contributed by atoms with Crippen LogP contribution in [0.5, 0.6) is 0 Å². The molecule has 0 bridgehead atoms. The fourth-order valence-corrected chi connectivity index (χ4v) is 1.99. The normalized spacial score (nSPS) is 17.4. The molecule has 1 aromatic heterocycles. The second-order valence-corrected chi connectivity index (χ2v) is 5.15. The number of nitrogens with zero attached hydrogens (tertiary/aromatic N) is 3. The minimum Gasteiger partial charge on any atom is -0.393 e. The Morgan fingerprint density at radius 1 is 1.33 bits per heavy atom. The summed E-state index contributed by atoms with van der Waals surface area (Å²) < 4.78 is 0. The Morgan fingerprint density at radius 2 is 1.94 bits per heavy atom. The molecule has 0 unspecified atom stereocenters. The van der Waals surface area contributed by atoms with Crippen molar-refractivity contribution in [3.8, 4) is 0 Å². The topological polar surface area (TPSA) is 61.3 Å². The molecule has 0 aromatic carbocycles. The van der Waals surface area contributed by atoms with Crippen LogP contribution in [0.1, 0.15) is 32.3 Å². The molecule has 0 atom stereocenters. The van der Waals surface area contributed by atoms with Gasteiger partial charge >= 0.3 is 0 Å². The minimum atomic E-state index is -0.157. The largest absolute Gasteiger partial charge is 0.393 e. The van der Waals surface area contributed by atoms with Crippen LogP contribution in [0.3, 0.4) is 0 Å². The minimum absolute atomic E-state index is 0.157. The zero-order chi connectivity index (χ0) is 13.0. The van der Waals surface area contributed by atoms with Gasteiger partial charge in [0.05, 0.1) is 6.10 Å². The average Bonchev–Trinajstić information content (AvgIpc) is 2.38. The molecule has 0 spiro atoms. The molecule has 2 rings (SSSR count). The number of aliphatic hydroxyl groups excluding tert-OH is 1. The molecule has 100 valence electrons. The molecule has 18 heavy (non-hydrogen) atoms. The van der Waals surface area contributed by atoms with E-state index in [-0.39, 0.29) is 6.10 Å². The highest BCUT2D eigenvalue weighted by Gasteiger charge is 2.18. The summed E-state index contributed by atoms with van der Waals surface area (Å²) in [7, 11) is 0. The third-order valence-electron chi connectivity index (χ3n) is 3.15. The average molecular weight is 250 g/mol. The second kappa shape index (κ2) is 6.11. The van der Waals surface area contributed by atoms with Gasteiger partial charge in [-0.15, -0.1) is 0 Å². The van der Waals surface area contributed by atoms with Crippen molar-refractivity contribution in [2.45, 2.75) is 45.4 Å². The van der Waals surface area contributed by atoms with Crippen molar-refractivity contribution >= 4 is 5.95 Å². The highest BCUT2D eigenvalue weighted by molar-refractivity contribution is 5.30. The summed E-state index contributed by atoms with van der Waals surface area (Å²) in [6.45, 7) is 6.72. The van der Waals surface area contributed by atoms with E-state index in [9.17, 15) is 5.11 Å². The first-order chi connectivity index (χ1) is 8.65. The molecule has 5 nitrogen and oxygen atoms in total. The Balaban J connectivity index is 1.91. The van der Waals surface area contributed by atoms with Gasteiger partial charge in [-0.1, -0.05) is 13.8 Å². The predicted octanol–water partition coefficient (Wildman–Crippen LogP) is 0.936. The highest BCUT2D eigenvalue weighted by Crippen LogP contribution is 2.15. The maximum atomic E-state index is 9.46. The number of aromatic nitrogens is 2. The van der Waals surface area contributed by atoms with E-state index in [0.717, 1.165) is 44.0 Å². The van der Waals surface area contributed by atoms with Crippen LogP contribution in [0, 0.1) is 0 Å². The summed E-state index contributed by atoms with van der Waals surface area (Å²) in [4.78, 5) is 10.9. The van der Waals surface area contributed by atoms with Gasteiger partial charge in [0.25, 0.3) is 0 Å². The quantitative estimate of drug-likeness (QED) is 0.832. The fraction of sp³-hybridized carbons (Fsp3) is 0.692. The summed E-state index contributed by atoms with van der Waals surface area (Å²) in [5.74, 6) is 0.773. The molecule has 0 saturated carbocycles. The summed E-state index contributed by atoms with van der Waals surface area (Å²) in [5.41, 5.74) is 1.10. The van der Waals surface area contributed by atoms with Crippen molar-refractivity contribution in [2.24, 2.45) is 0 Å². The summed E-state index contributed by atoms with van der Waals surface area (Å²) in [6, 6.07) is 0.466. The van der Waals surface area contributed by atoms with E-state index in [2.05, 4.69) is 34.0 Å². The number of anilines is 1. The zero-order valence-corrected chi connectivity index (χ0v) is 11.1. The molecule has 1 aliphatic heterocycles. The first-order valence-corrected chi connectivity index (χ1v) is 6.62. The molecule has 1 aromatic rings. The number of piperidine rings is 1. The van der Waals surface area contributed by atoms with Crippen LogP contribution in [0.2, 0.25) is 0 Å². The lowest BCUT2D eigenvalue weighted by molar-refractivity contribution is 0.145. The van der Waals surface area contributed by atoms with Crippen LogP contribution in [0.4, 0.5) is 5.95 Å². The van der Waals surface area contributed by atoms with Crippen LogP contribution in [0.15, 0.2) is 12.4 Å². The molecule has 2 heterocycles. The van der Waals surface area contributed by atoms with E-state index < -0.39 is 0 Å². The van der Waals surface area contributed by atoms with E-state index >= 15 is 0 Å². The molecule has 0 aliphatic carbocycles. The number of nitrogens with one attached hydrogen (secondary N) is 1. The van der Waals surface area contributed by atoms with Gasteiger partial charge in [0.1, 0.15) is 0 Å². The smallest absolute Gasteiger partial charge is 0.225 e. The molecule has 1 fully saturated rings. The van der Waals surface area contributed by atoms with Crippen molar-refractivity contribution in [3.05, 3.63) is 18.0 Å². The maximum absolute atomic E-state index is 9.46. The standard InChI is InChI=1S/C13H22N4O/c1-10(2)14-7-11-8-15-13(16-9-11)17-5-3-12(18)4-6-17/h8-10,12,14,18H,3-7H2,1-2H3. The SMILES string of the molecule is CC(C)NCc1cnc(N2CCC(O)CC2)nc1. The molecule has 5 heteroatoms. The molecule has 1 aliphatic rings.